The van der Waals surface area contributed by atoms with Gasteiger partial charge >= 0.3 is 11.9 Å². The lowest BCUT2D eigenvalue weighted by Crippen LogP contribution is -2.49. The van der Waals surface area contributed by atoms with Gasteiger partial charge in [-0.05, 0) is 25.2 Å². The average molecular weight is 297 g/mol. The first kappa shape index (κ1) is 15.8. The van der Waals surface area contributed by atoms with Crippen LogP contribution in [0.15, 0.2) is 0 Å². The number of aliphatic carboxylic acids is 2. The third-order valence-corrected chi connectivity index (χ3v) is 4.79. The summed E-state index contributed by atoms with van der Waals surface area (Å²) in [6, 6.07) is 0. The van der Waals surface area contributed by atoms with Crippen molar-refractivity contribution in [1.82, 2.24) is 4.90 Å². The molecule has 1 saturated carbocycles. The minimum atomic E-state index is -1.13. The van der Waals surface area contributed by atoms with E-state index in [0.717, 1.165) is 25.7 Å². The van der Waals surface area contributed by atoms with Crippen LogP contribution in [0, 0.1) is 17.8 Å². The van der Waals surface area contributed by atoms with Gasteiger partial charge in [0, 0.05) is 19.5 Å². The predicted molar refractivity (Wildman–Crippen MR) is 74.6 cm³/mol. The summed E-state index contributed by atoms with van der Waals surface area (Å²) in [5, 5.41) is 18.3. The fourth-order valence-corrected chi connectivity index (χ4v) is 3.49. The van der Waals surface area contributed by atoms with Gasteiger partial charge in [-0.1, -0.05) is 19.3 Å². The first-order chi connectivity index (χ1) is 9.99. The van der Waals surface area contributed by atoms with Crippen LogP contribution in [0.25, 0.3) is 0 Å². The number of hydrogen-bond donors (Lipinski definition) is 2. The topological polar surface area (TPSA) is 94.9 Å². The summed E-state index contributed by atoms with van der Waals surface area (Å²) in [5.41, 5.74) is 0. The third-order valence-electron chi connectivity index (χ3n) is 4.79. The second-order valence-electron chi connectivity index (χ2n) is 6.23. The van der Waals surface area contributed by atoms with Crippen LogP contribution in [0.5, 0.6) is 0 Å². The molecule has 21 heavy (non-hydrogen) atoms. The molecule has 0 aromatic heterocycles. The van der Waals surface area contributed by atoms with E-state index in [0.29, 0.717) is 18.9 Å². The molecular formula is C15H23NO5. The summed E-state index contributed by atoms with van der Waals surface area (Å²) in [7, 11) is 0. The minimum Gasteiger partial charge on any atom is -0.481 e. The Morgan fingerprint density at radius 3 is 2.10 bits per heavy atom. The Bertz CT molecular complexity index is 416. The zero-order chi connectivity index (χ0) is 15.4. The Hall–Kier alpha value is -1.59. The number of rotatable bonds is 4. The number of carbonyl (C=O) groups is 3. The van der Waals surface area contributed by atoms with E-state index >= 15 is 0 Å². The van der Waals surface area contributed by atoms with Crippen molar-refractivity contribution < 1.29 is 24.6 Å². The maximum absolute atomic E-state index is 12.3. The average Bonchev–Trinajstić information content (AvgIpc) is 2.47. The Morgan fingerprint density at radius 1 is 0.905 bits per heavy atom. The number of carboxylic acid groups (broad SMARTS) is 2. The molecule has 0 aromatic rings. The molecule has 2 fully saturated rings. The van der Waals surface area contributed by atoms with Crippen molar-refractivity contribution in [2.24, 2.45) is 17.8 Å². The molecule has 2 unspecified atom stereocenters. The maximum atomic E-state index is 12.3. The van der Waals surface area contributed by atoms with Crippen molar-refractivity contribution in [3.8, 4) is 0 Å². The maximum Gasteiger partial charge on any atom is 0.309 e. The van der Waals surface area contributed by atoms with E-state index in [4.69, 9.17) is 5.11 Å². The third kappa shape index (κ3) is 3.95. The zero-order valence-corrected chi connectivity index (χ0v) is 12.2. The number of amides is 1. The SMILES string of the molecule is O=C(O)C1CCN(C(=O)CC2CCCCC2)CC1C(=O)O. The molecule has 1 aliphatic carbocycles. The van der Waals surface area contributed by atoms with Gasteiger partial charge in [-0.2, -0.15) is 0 Å². The predicted octanol–water partition coefficient (Wildman–Crippen LogP) is 1.59. The van der Waals surface area contributed by atoms with Gasteiger partial charge in [0.05, 0.1) is 11.8 Å². The summed E-state index contributed by atoms with van der Waals surface area (Å²) >= 11 is 0. The van der Waals surface area contributed by atoms with Crippen LogP contribution >= 0.6 is 0 Å². The fourth-order valence-electron chi connectivity index (χ4n) is 3.49. The molecule has 1 heterocycles. The molecule has 0 radical (unpaired) electrons. The molecule has 1 amide bonds. The lowest BCUT2D eigenvalue weighted by Gasteiger charge is -2.35. The quantitative estimate of drug-likeness (QED) is 0.821. The van der Waals surface area contributed by atoms with Gasteiger partial charge < -0.3 is 15.1 Å². The standard InChI is InChI=1S/C15H23NO5/c17-13(8-10-4-2-1-3-5-10)16-7-6-11(14(18)19)12(9-16)15(20)21/h10-12H,1-9H2,(H,18,19)(H,20,21). The van der Waals surface area contributed by atoms with E-state index in [-0.39, 0.29) is 18.9 Å². The van der Waals surface area contributed by atoms with Crippen molar-refractivity contribution in [2.75, 3.05) is 13.1 Å². The summed E-state index contributed by atoms with van der Waals surface area (Å²) < 4.78 is 0. The summed E-state index contributed by atoms with van der Waals surface area (Å²) in [5.74, 6) is -3.70. The highest BCUT2D eigenvalue weighted by Gasteiger charge is 2.40. The van der Waals surface area contributed by atoms with Crippen LogP contribution in [-0.4, -0.2) is 46.0 Å². The number of piperidine rings is 1. The lowest BCUT2D eigenvalue weighted by atomic mass is 9.84. The Balaban J connectivity index is 1.93. The second kappa shape index (κ2) is 6.91. The Labute approximate surface area is 124 Å². The van der Waals surface area contributed by atoms with E-state index in [2.05, 4.69) is 0 Å². The number of carboxylic acids is 2. The summed E-state index contributed by atoms with van der Waals surface area (Å²) in [4.78, 5) is 36.2. The van der Waals surface area contributed by atoms with Gasteiger partial charge in [0.25, 0.3) is 0 Å². The van der Waals surface area contributed by atoms with Crippen LogP contribution in [0.3, 0.4) is 0 Å². The van der Waals surface area contributed by atoms with Gasteiger partial charge in [0.1, 0.15) is 0 Å². The van der Waals surface area contributed by atoms with Crippen LogP contribution in [0.4, 0.5) is 0 Å². The number of nitrogens with zero attached hydrogens (tertiary/aromatic N) is 1. The van der Waals surface area contributed by atoms with Crippen LogP contribution in [-0.2, 0) is 14.4 Å². The van der Waals surface area contributed by atoms with Crippen molar-refractivity contribution >= 4 is 17.8 Å². The molecular weight excluding hydrogens is 274 g/mol. The van der Waals surface area contributed by atoms with Gasteiger partial charge in [-0.25, -0.2) is 0 Å². The summed E-state index contributed by atoms with van der Waals surface area (Å²) in [6.45, 7) is 0.379. The van der Waals surface area contributed by atoms with Crippen LogP contribution in [0.1, 0.15) is 44.9 Å². The molecule has 0 spiro atoms. The molecule has 0 aromatic carbocycles. The molecule has 1 saturated heterocycles. The van der Waals surface area contributed by atoms with Gasteiger partial charge in [0.2, 0.25) is 5.91 Å². The minimum absolute atomic E-state index is 0.0167. The van der Waals surface area contributed by atoms with Gasteiger partial charge in [-0.3, -0.25) is 14.4 Å². The van der Waals surface area contributed by atoms with E-state index in [1.807, 2.05) is 0 Å². The van der Waals surface area contributed by atoms with Crippen molar-refractivity contribution in [2.45, 2.75) is 44.9 Å². The highest BCUT2D eigenvalue weighted by atomic mass is 16.4. The lowest BCUT2D eigenvalue weighted by molar-refractivity contribution is -0.159. The molecule has 0 bridgehead atoms. The largest absolute Gasteiger partial charge is 0.481 e. The van der Waals surface area contributed by atoms with E-state index in [9.17, 15) is 19.5 Å². The zero-order valence-electron chi connectivity index (χ0n) is 12.2. The van der Waals surface area contributed by atoms with Crippen LogP contribution < -0.4 is 0 Å². The molecule has 2 atom stereocenters. The monoisotopic (exact) mass is 297 g/mol. The normalized spacial score (nSPS) is 27.3. The summed E-state index contributed by atoms with van der Waals surface area (Å²) in [6.07, 6.45) is 6.40. The van der Waals surface area contributed by atoms with E-state index < -0.39 is 23.8 Å². The number of likely N-dealkylation sites (tertiary alicyclic amines) is 1. The van der Waals surface area contributed by atoms with Gasteiger partial charge in [0.15, 0.2) is 0 Å². The first-order valence-electron chi connectivity index (χ1n) is 7.72. The highest BCUT2D eigenvalue weighted by molar-refractivity contribution is 5.82. The van der Waals surface area contributed by atoms with Crippen molar-refractivity contribution in [3.05, 3.63) is 0 Å². The van der Waals surface area contributed by atoms with E-state index in [1.54, 1.807) is 4.90 Å². The number of carbonyl (C=O) groups excluding carboxylic acids is 1. The molecule has 6 heteroatoms. The fraction of sp³-hybridized carbons (Fsp3) is 0.800. The molecule has 1 aliphatic heterocycles. The Morgan fingerprint density at radius 2 is 1.52 bits per heavy atom. The Kier molecular flexibility index (Phi) is 5.20. The van der Waals surface area contributed by atoms with E-state index in [1.165, 1.54) is 6.42 Å². The van der Waals surface area contributed by atoms with Crippen molar-refractivity contribution in [3.63, 3.8) is 0 Å². The molecule has 118 valence electrons. The van der Waals surface area contributed by atoms with Crippen molar-refractivity contribution in [1.29, 1.82) is 0 Å². The molecule has 6 nitrogen and oxygen atoms in total. The number of hydrogen-bond acceptors (Lipinski definition) is 3. The smallest absolute Gasteiger partial charge is 0.309 e. The highest BCUT2D eigenvalue weighted by Crippen LogP contribution is 2.29. The molecule has 2 rings (SSSR count). The molecule has 2 N–H and O–H groups in total. The first-order valence-corrected chi connectivity index (χ1v) is 7.72. The second-order valence-corrected chi connectivity index (χ2v) is 6.23. The van der Waals surface area contributed by atoms with Gasteiger partial charge in [-0.15, -0.1) is 0 Å². The van der Waals surface area contributed by atoms with Crippen LogP contribution in [0.2, 0.25) is 0 Å². The molecule has 2 aliphatic rings.